The van der Waals surface area contributed by atoms with Crippen LogP contribution in [0.1, 0.15) is 30.0 Å². The average molecular weight is 329 g/mol. The van der Waals surface area contributed by atoms with E-state index in [9.17, 15) is 14.7 Å². The Balaban J connectivity index is 2.66. The summed E-state index contributed by atoms with van der Waals surface area (Å²) in [6.07, 6.45) is 4.82. The van der Waals surface area contributed by atoms with E-state index in [1.54, 1.807) is 25.1 Å². The molecule has 1 atom stereocenters. The van der Waals surface area contributed by atoms with E-state index in [2.05, 4.69) is 13.2 Å². The zero-order valence-electron chi connectivity index (χ0n) is 14.0. The molecular formula is C19H23NO4. The van der Waals surface area contributed by atoms with Gasteiger partial charge in [0.05, 0.1) is 5.69 Å². The van der Waals surface area contributed by atoms with Crippen LogP contribution in [0, 0.1) is 0 Å². The molecular weight excluding hydrogens is 306 g/mol. The zero-order valence-corrected chi connectivity index (χ0v) is 14.0. The number of hydrogen-bond donors (Lipinski definition) is 1. The van der Waals surface area contributed by atoms with Gasteiger partial charge in [-0.25, -0.2) is 0 Å². The first-order valence-corrected chi connectivity index (χ1v) is 8.06. The second kappa shape index (κ2) is 7.93. The standard InChI is InChI=1S/C19H23NO4/c1-4-7-13-11-16-14(15(8-5-2)19(13)23)9-10-17(22)20(16)18(12-21)24-6-3/h4-5,11-12,18,23H,1-2,6-10H2,3H3. The molecule has 1 aromatic carbocycles. The van der Waals surface area contributed by atoms with Gasteiger partial charge in [0.25, 0.3) is 0 Å². The van der Waals surface area contributed by atoms with Crippen LogP contribution in [-0.4, -0.2) is 30.1 Å². The zero-order chi connectivity index (χ0) is 17.7. The number of nitrogens with zero attached hydrogens (tertiary/aromatic N) is 1. The molecule has 0 radical (unpaired) electrons. The Bertz CT molecular complexity index is 666. The number of aromatic hydroxyl groups is 1. The summed E-state index contributed by atoms with van der Waals surface area (Å²) in [5.74, 6) is 0.0507. The third-order valence-electron chi connectivity index (χ3n) is 4.11. The van der Waals surface area contributed by atoms with Crippen molar-refractivity contribution in [1.82, 2.24) is 0 Å². The third kappa shape index (κ3) is 3.26. The van der Waals surface area contributed by atoms with Crippen LogP contribution in [0.15, 0.2) is 31.4 Å². The van der Waals surface area contributed by atoms with Crippen molar-refractivity contribution in [3.8, 4) is 5.75 Å². The second-order valence-corrected chi connectivity index (χ2v) is 5.59. The summed E-state index contributed by atoms with van der Waals surface area (Å²) in [6, 6.07) is 1.76. The van der Waals surface area contributed by atoms with Crippen molar-refractivity contribution in [3.63, 3.8) is 0 Å². The molecule has 0 saturated carbocycles. The van der Waals surface area contributed by atoms with E-state index in [0.717, 1.165) is 11.1 Å². The van der Waals surface area contributed by atoms with E-state index in [4.69, 9.17) is 4.74 Å². The molecule has 1 N–H and O–H groups in total. The first-order chi connectivity index (χ1) is 11.6. The van der Waals surface area contributed by atoms with Crippen LogP contribution >= 0.6 is 0 Å². The topological polar surface area (TPSA) is 66.8 Å². The lowest BCUT2D eigenvalue weighted by Gasteiger charge is -2.35. The van der Waals surface area contributed by atoms with Crippen LogP contribution in [-0.2, 0) is 33.6 Å². The highest BCUT2D eigenvalue weighted by molar-refractivity contribution is 6.00. The SMILES string of the molecule is C=CCc1cc2c(c(CC=C)c1O)CCC(=O)N2C(C=O)OCC. The average Bonchev–Trinajstić information content (AvgIpc) is 2.57. The first kappa shape index (κ1) is 17.9. The largest absolute Gasteiger partial charge is 0.507 e. The van der Waals surface area contributed by atoms with Gasteiger partial charge in [-0.2, -0.15) is 0 Å². The van der Waals surface area contributed by atoms with Crippen LogP contribution in [0.25, 0.3) is 0 Å². The van der Waals surface area contributed by atoms with Gasteiger partial charge in [0, 0.05) is 18.6 Å². The summed E-state index contributed by atoms with van der Waals surface area (Å²) in [5, 5.41) is 10.6. The monoisotopic (exact) mass is 329 g/mol. The van der Waals surface area contributed by atoms with Crippen LogP contribution in [0.4, 0.5) is 5.69 Å². The number of carbonyl (C=O) groups is 2. The highest BCUT2D eigenvalue weighted by atomic mass is 16.5. The van der Waals surface area contributed by atoms with Crippen molar-refractivity contribution in [3.05, 3.63) is 48.1 Å². The van der Waals surface area contributed by atoms with Crippen molar-refractivity contribution in [1.29, 1.82) is 0 Å². The number of allylic oxidation sites excluding steroid dienone is 2. The van der Waals surface area contributed by atoms with Gasteiger partial charge in [-0.15, -0.1) is 13.2 Å². The van der Waals surface area contributed by atoms with Gasteiger partial charge in [0.15, 0.2) is 12.5 Å². The Kier molecular flexibility index (Phi) is 5.93. The molecule has 1 amide bonds. The Hall–Kier alpha value is -2.40. The summed E-state index contributed by atoms with van der Waals surface area (Å²) in [5.41, 5.74) is 2.91. The van der Waals surface area contributed by atoms with Gasteiger partial charge in [0.1, 0.15) is 5.75 Å². The van der Waals surface area contributed by atoms with Gasteiger partial charge in [-0.05, 0) is 43.4 Å². The molecule has 1 heterocycles. The molecule has 0 spiro atoms. The van der Waals surface area contributed by atoms with Crippen LogP contribution < -0.4 is 4.90 Å². The Morgan fingerprint density at radius 2 is 2.04 bits per heavy atom. The molecule has 5 heteroatoms. The number of anilines is 1. The smallest absolute Gasteiger partial charge is 0.229 e. The van der Waals surface area contributed by atoms with Crippen LogP contribution in [0.3, 0.4) is 0 Å². The number of rotatable bonds is 8. The Morgan fingerprint density at radius 3 is 2.62 bits per heavy atom. The molecule has 1 aliphatic heterocycles. The minimum Gasteiger partial charge on any atom is -0.507 e. The van der Waals surface area contributed by atoms with Crippen molar-refractivity contribution in [2.24, 2.45) is 0 Å². The van der Waals surface area contributed by atoms with Crippen molar-refractivity contribution in [2.75, 3.05) is 11.5 Å². The fourth-order valence-electron chi connectivity index (χ4n) is 3.09. The molecule has 1 aliphatic rings. The predicted molar refractivity (Wildman–Crippen MR) is 93.2 cm³/mol. The highest BCUT2D eigenvalue weighted by Gasteiger charge is 2.33. The Labute approximate surface area is 142 Å². The lowest BCUT2D eigenvalue weighted by molar-refractivity contribution is -0.127. The van der Waals surface area contributed by atoms with Crippen LogP contribution in [0.5, 0.6) is 5.75 Å². The van der Waals surface area contributed by atoms with E-state index in [0.29, 0.717) is 43.4 Å². The van der Waals surface area contributed by atoms with Crippen molar-refractivity contribution < 1.29 is 19.4 Å². The predicted octanol–water partition coefficient (Wildman–Crippen LogP) is 2.69. The van der Waals surface area contributed by atoms with Crippen LogP contribution in [0.2, 0.25) is 0 Å². The number of phenolic OH excluding ortho intramolecular Hbond substituents is 1. The number of benzene rings is 1. The molecule has 1 aromatic rings. The minimum absolute atomic E-state index is 0.159. The third-order valence-corrected chi connectivity index (χ3v) is 4.11. The first-order valence-electron chi connectivity index (χ1n) is 8.06. The maximum absolute atomic E-state index is 12.4. The number of carbonyl (C=O) groups excluding carboxylic acids is 2. The van der Waals surface area contributed by atoms with E-state index in [-0.39, 0.29) is 18.1 Å². The molecule has 24 heavy (non-hydrogen) atoms. The van der Waals surface area contributed by atoms with Crippen molar-refractivity contribution >= 4 is 17.9 Å². The lowest BCUT2D eigenvalue weighted by Crippen LogP contribution is -2.46. The normalized spacial score (nSPS) is 14.9. The maximum Gasteiger partial charge on any atom is 0.229 e. The summed E-state index contributed by atoms with van der Waals surface area (Å²) in [4.78, 5) is 25.3. The number of fused-ring (bicyclic) bond motifs is 1. The van der Waals surface area contributed by atoms with E-state index >= 15 is 0 Å². The highest BCUT2D eigenvalue weighted by Crippen LogP contribution is 2.39. The van der Waals surface area contributed by atoms with Gasteiger partial charge >= 0.3 is 0 Å². The van der Waals surface area contributed by atoms with E-state index in [1.165, 1.54) is 4.90 Å². The van der Waals surface area contributed by atoms with E-state index < -0.39 is 6.23 Å². The van der Waals surface area contributed by atoms with Gasteiger partial charge in [-0.1, -0.05) is 12.2 Å². The summed E-state index contributed by atoms with van der Waals surface area (Å²) >= 11 is 0. The van der Waals surface area contributed by atoms with Crippen molar-refractivity contribution in [2.45, 2.75) is 38.8 Å². The molecule has 0 fully saturated rings. The van der Waals surface area contributed by atoms with E-state index in [1.807, 2.05) is 0 Å². The molecule has 2 rings (SSSR count). The molecule has 0 aliphatic carbocycles. The Morgan fingerprint density at radius 1 is 1.33 bits per heavy atom. The van der Waals surface area contributed by atoms with Gasteiger partial charge in [-0.3, -0.25) is 14.5 Å². The summed E-state index contributed by atoms with van der Waals surface area (Å²) in [6.45, 7) is 9.54. The number of phenols is 1. The molecule has 0 bridgehead atoms. The number of hydrogen-bond acceptors (Lipinski definition) is 4. The van der Waals surface area contributed by atoms with Gasteiger partial charge < -0.3 is 9.84 Å². The maximum atomic E-state index is 12.4. The van der Waals surface area contributed by atoms with Gasteiger partial charge in [0.2, 0.25) is 5.91 Å². The minimum atomic E-state index is -0.959. The molecule has 0 saturated heterocycles. The molecule has 5 nitrogen and oxygen atoms in total. The molecule has 1 unspecified atom stereocenters. The summed E-state index contributed by atoms with van der Waals surface area (Å²) < 4.78 is 5.42. The molecule has 128 valence electrons. The number of amides is 1. The summed E-state index contributed by atoms with van der Waals surface area (Å²) in [7, 11) is 0. The molecule has 0 aromatic heterocycles. The number of ether oxygens (including phenoxy) is 1. The quantitative estimate of drug-likeness (QED) is 0.588. The fraction of sp³-hybridized carbons (Fsp3) is 0.368. The lowest BCUT2D eigenvalue weighted by atomic mass is 9.90. The second-order valence-electron chi connectivity index (χ2n) is 5.59. The fourth-order valence-corrected chi connectivity index (χ4v) is 3.09. The number of aldehydes is 1.